The first kappa shape index (κ1) is 21.8. The molecule has 1 aliphatic rings. The molecule has 4 rings (SSSR count). The number of likely N-dealkylation sites (tertiary alicyclic amines) is 1. The molecule has 0 spiro atoms. The molecule has 1 aromatic carbocycles. The summed E-state index contributed by atoms with van der Waals surface area (Å²) >= 11 is 4.62. The van der Waals surface area contributed by atoms with Crippen LogP contribution in [0.5, 0.6) is 5.75 Å². The minimum absolute atomic E-state index is 0.0206. The van der Waals surface area contributed by atoms with Crippen LogP contribution in [0.25, 0.3) is 21.7 Å². The van der Waals surface area contributed by atoms with Crippen LogP contribution in [0.1, 0.15) is 11.3 Å². The molecule has 1 amide bonds. The van der Waals surface area contributed by atoms with Crippen molar-refractivity contribution in [2.45, 2.75) is 16.7 Å². The molecule has 0 saturated carbocycles. The number of nitrogens with one attached hydrogen (secondary N) is 1. The number of ether oxygens (including phenoxy) is 1. The molecule has 10 heteroatoms. The van der Waals surface area contributed by atoms with Gasteiger partial charge in [-0.15, -0.1) is 34.4 Å². The van der Waals surface area contributed by atoms with E-state index in [0.717, 1.165) is 32.3 Å². The van der Waals surface area contributed by atoms with Crippen LogP contribution in [0.3, 0.4) is 0 Å². The standard InChI is InChI=1S/C21H23N5O2S3/c1-29-21-16(17(18(31-21)19(23)24)20-25-6-8-30-20)12-3-2-4-14(9-12)28-11-15(27)26-7-5-13(22)10-26/h2-4,6,8-9,13H,5,7,10-11,22H2,1H3,(H3,23,24). The Balaban J connectivity index is 1.64. The van der Waals surface area contributed by atoms with Crippen LogP contribution in [0.2, 0.25) is 0 Å². The number of thiazole rings is 1. The quantitative estimate of drug-likeness (QED) is 0.275. The largest absolute Gasteiger partial charge is 0.484 e. The molecule has 1 atom stereocenters. The zero-order valence-corrected chi connectivity index (χ0v) is 19.4. The molecule has 1 unspecified atom stereocenters. The molecule has 162 valence electrons. The van der Waals surface area contributed by atoms with E-state index in [4.69, 9.17) is 21.6 Å². The number of amidine groups is 1. The molecule has 31 heavy (non-hydrogen) atoms. The van der Waals surface area contributed by atoms with Gasteiger partial charge >= 0.3 is 0 Å². The number of nitrogen functional groups attached to an aromatic ring is 1. The zero-order valence-electron chi connectivity index (χ0n) is 17.0. The third-order valence-electron chi connectivity index (χ3n) is 5.01. The summed E-state index contributed by atoms with van der Waals surface area (Å²) in [5.41, 5.74) is 14.6. The fraction of sp³-hybridized carbons (Fsp3) is 0.286. The van der Waals surface area contributed by atoms with E-state index in [1.165, 1.54) is 22.7 Å². The van der Waals surface area contributed by atoms with Gasteiger partial charge in [-0.1, -0.05) is 12.1 Å². The van der Waals surface area contributed by atoms with Crippen molar-refractivity contribution in [1.29, 1.82) is 5.41 Å². The minimum atomic E-state index is -0.0546. The number of rotatable bonds is 7. The summed E-state index contributed by atoms with van der Waals surface area (Å²) in [6.07, 6.45) is 4.58. The van der Waals surface area contributed by atoms with Gasteiger partial charge in [-0.25, -0.2) is 4.98 Å². The van der Waals surface area contributed by atoms with Gasteiger partial charge in [0.25, 0.3) is 5.91 Å². The second kappa shape index (κ2) is 9.39. The fourth-order valence-corrected chi connectivity index (χ4v) is 6.23. The summed E-state index contributed by atoms with van der Waals surface area (Å²) in [5, 5.41) is 10.8. The lowest BCUT2D eigenvalue weighted by Gasteiger charge is -2.16. The maximum absolute atomic E-state index is 12.4. The van der Waals surface area contributed by atoms with Gasteiger partial charge in [-0.05, 0) is 30.4 Å². The van der Waals surface area contributed by atoms with Crippen molar-refractivity contribution in [2.75, 3.05) is 26.0 Å². The van der Waals surface area contributed by atoms with E-state index >= 15 is 0 Å². The molecule has 1 aliphatic heterocycles. The SMILES string of the molecule is CSc1sc(C(=N)N)c(-c2nccs2)c1-c1cccc(OCC(=O)N2CCC(N)C2)c1. The van der Waals surface area contributed by atoms with E-state index in [1.807, 2.05) is 35.9 Å². The van der Waals surface area contributed by atoms with Gasteiger partial charge in [0.05, 0.1) is 9.09 Å². The van der Waals surface area contributed by atoms with Crippen LogP contribution in [0, 0.1) is 5.41 Å². The van der Waals surface area contributed by atoms with Crippen molar-refractivity contribution in [1.82, 2.24) is 9.88 Å². The third kappa shape index (κ3) is 4.62. The van der Waals surface area contributed by atoms with E-state index in [1.54, 1.807) is 22.9 Å². The van der Waals surface area contributed by atoms with Gasteiger partial charge in [-0.2, -0.15) is 0 Å². The summed E-state index contributed by atoms with van der Waals surface area (Å²) in [6, 6.07) is 7.72. The van der Waals surface area contributed by atoms with E-state index in [2.05, 4.69) is 4.98 Å². The van der Waals surface area contributed by atoms with Gasteiger partial charge in [-0.3, -0.25) is 10.2 Å². The van der Waals surface area contributed by atoms with E-state index < -0.39 is 0 Å². The smallest absolute Gasteiger partial charge is 0.260 e. The van der Waals surface area contributed by atoms with Gasteiger partial charge in [0.15, 0.2) is 6.61 Å². The molecule has 5 N–H and O–H groups in total. The molecule has 3 aromatic rings. The average molecular weight is 474 g/mol. The number of thioether (sulfide) groups is 1. The van der Waals surface area contributed by atoms with Crippen LogP contribution in [0.4, 0.5) is 0 Å². The molecule has 0 radical (unpaired) electrons. The monoisotopic (exact) mass is 473 g/mol. The molecule has 7 nitrogen and oxygen atoms in total. The summed E-state index contributed by atoms with van der Waals surface area (Å²) in [5.74, 6) is 0.585. The summed E-state index contributed by atoms with van der Waals surface area (Å²) in [7, 11) is 0. The number of aromatic nitrogens is 1. The van der Waals surface area contributed by atoms with E-state index in [9.17, 15) is 4.79 Å². The lowest BCUT2D eigenvalue weighted by molar-refractivity contribution is -0.132. The van der Waals surface area contributed by atoms with E-state index in [0.29, 0.717) is 23.7 Å². The number of benzene rings is 1. The average Bonchev–Trinajstić information content (AvgIpc) is 3.50. The van der Waals surface area contributed by atoms with Crippen molar-refractivity contribution in [3.8, 4) is 27.4 Å². The second-order valence-corrected chi connectivity index (χ2v) is 10.1. The van der Waals surface area contributed by atoms with Crippen molar-refractivity contribution in [2.24, 2.45) is 11.5 Å². The highest BCUT2D eigenvalue weighted by molar-refractivity contribution is 8.00. The Morgan fingerprint density at radius 2 is 2.26 bits per heavy atom. The minimum Gasteiger partial charge on any atom is -0.484 e. The maximum atomic E-state index is 12.4. The lowest BCUT2D eigenvalue weighted by Crippen LogP contribution is -2.35. The Labute approximate surface area is 192 Å². The van der Waals surface area contributed by atoms with Gasteiger partial charge in [0.2, 0.25) is 0 Å². The Morgan fingerprint density at radius 3 is 2.90 bits per heavy atom. The number of amides is 1. The highest BCUT2D eigenvalue weighted by atomic mass is 32.2. The van der Waals surface area contributed by atoms with Crippen molar-refractivity contribution < 1.29 is 9.53 Å². The fourth-order valence-electron chi connectivity index (χ4n) is 3.55. The van der Waals surface area contributed by atoms with Crippen LogP contribution in [0.15, 0.2) is 40.1 Å². The third-order valence-corrected chi connectivity index (χ3v) is 8.15. The molecule has 1 fully saturated rings. The molecule has 2 aromatic heterocycles. The van der Waals surface area contributed by atoms with Crippen LogP contribution >= 0.6 is 34.4 Å². The number of thiophene rings is 1. The van der Waals surface area contributed by atoms with Crippen molar-refractivity contribution >= 4 is 46.2 Å². The number of carbonyl (C=O) groups excluding carboxylic acids is 1. The molecule has 1 saturated heterocycles. The summed E-state index contributed by atoms with van der Waals surface area (Å²) in [4.78, 5) is 19.3. The predicted octanol–water partition coefficient (Wildman–Crippen LogP) is 3.48. The number of carbonyl (C=O) groups is 1. The van der Waals surface area contributed by atoms with E-state index in [-0.39, 0.29) is 24.4 Å². The topological polar surface area (TPSA) is 118 Å². The molecular formula is C21H23N5O2S3. The Bertz CT molecular complexity index is 1100. The Hall–Kier alpha value is -2.40. The maximum Gasteiger partial charge on any atom is 0.260 e. The second-order valence-electron chi connectivity index (χ2n) is 7.13. The first-order valence-electron chi connectivity index (χ1n) is 9.69. The van der Waals surface area contributed by atoms with Crippen LogP contribution in [-0.4, -0.2) is 53.6 Å². The highest BCUT2D eigenvalue weighted by Gasteiger charge is 2.25. The van der Waals surface area contributed by atoms with Crippen molar-refractivity contribution in [3.05, 3.63) is 40.7 Å². The number of hydrogen-bond donors (Lipinski definition) is 3. The zero-order chi connectivity index (χ0) is 22.0. The first-order chi connectivity index (χ1) is 15.0. The number of hydrogen-bond acceptors (Lipinski definition) is 8. The number of nitrogens with two attached hydrogens (primary N) is 2. The molecule has 0 aliphatic carbocycles. The van der Waals surface area contributed by atoms with Gasteiger partial charge < -0.3 is 21.1 Å². The predicted molar refractivity (Wildman–Crippen MR) is 128 cm³/mol. The normalized spacial score (nSPS) is 15.9. The lowest BCUT2D eigenvalue weighted by atomic mass is 10.0. The number of nitrogens with zero attached hydrogens (tertiary/aromatic N) is 2. The molecule has 0 bridgehead atoms. The molecular weight excluding hydrogens is 450 g/mol. The Morgan fingerprint density at radius 1 is 1.42 bits per heavy atom. The summed E-state index contributed by atoms with van der Waals surface area (Å²) in [6.45, 7) is 1.24. The summed E-state index contributed by atoms with van der Waals surface area (Å²) < 4.78 is 6.87. The van der Waals surface area contributed by atoms with Gasteiger partial charge in [0, 0.05) is 41.8 Å². The van der Waals surface area contributed by atoms with Crippen molar-refractivity contribution in [3.63, 3.8) is 0 Å². The highest BCUT2D eigenvalue weighted by Crippen LogP contribution is 2.47. The molecule has 3 heterocycles. The van der Waals surface area contributed by atoms with Crippen LogP contribution in [-0.2, 0) is 4.79 Å². The van der Waals surface area contributed by atoms with Crippen LogP contribution < -0.4 is 16.2 Å². The van der Waals surface area contributed by atoms with Gasteiger partial charge in [0.1, 0.15) is 16.6 Å². The Kier molecular flexibility index (Phi) is 6.61. The first-order valence-corrected chi connectivity index (χ1v) is 12.6.